The molecule has 0 radical (unpaired) electrons. The summed E-state index contributed by atoms with van der Waals surface area (Å²) in [6.45, 7) is 5.92. The summed E-state index contributed by atoms with van der Waals surface area (Å²) in [7, 11) is 0. The number of carbonyl (C=O) groups excluding carboxylic acids is 2. The van der Waals surface area contributed by atoms with E-state index in [-0.39, 0.29) is 23.2 Å². The number of rotatable bonds is 5. The number of halogens is 2. The molecule has 0 unspecified atom stereocenters. The van der Waals surface area contributed by atoms with E-state index in [4.69, 9.17) is 11.6 Å². The summed E-state index contributed by atoms with van der Waals surface area (Å²) in [5.41, 5.74) is 0.757. The second kappa shape index (κ2) is 7.89. The first-order valence-electron chi connectivity index (χ1n) is 8.81. The quantitative estimate of drug-likeness (QED) is 0.544. The Morgan fingerprint density at radius 2 is 1.79 bits per heavy atom. The van der Waals surface area contributed by atoms with Gasteiger partial charge in [-0.15, -0.1) is 11.3 Å². The van der Waals surface area contributed by atoms with Crippen LogP contribution in [0.4, 0.5) is 10.1 Å². The van der Waals surface area contributed by atoms with Crippen molar-refractivity contribution < 1.29 is 14.0 Å². The molecule has 1 heterocycles. The molecule has 0 spiro atoms. The van der Waals surface area contributed by atoms with E-state index in [2.05, 4.69) is 10.6 Å². The summed E-state index contributed by atoms with van der Waals surface area (Å²) in [5.74, 6) is -0.923. The van der Waals surface area contributed by atoms with Gasteiger partial charge in [0, 0.05) is 26.9 Å². The fourth-order valence-corrected chi connectivity index (χ4v) is 3.98. The lowest BCUT2D eigenvalue weighted by molar-refractivity contribution is 0.0911. The van der Waals surface area contributed by atoms with Gasteiger partial charge < -0.3 is 10.6 Å². The summed E-state index contributed by atoms with van der Waals surface area (Å²) < 4.78 is 14.0. The Hall–Kier alpha value is -2.44. The fourth-order valence-electron chi connectivity index (χ4n) is 2.55. The first kappa shape index (κ1) is 20.3. The molecule has 4 nitrogen and oxygen atoms in total. The fraction of sp³-hybridized carbons (Fsp3) is 0.238. The maximum atomic E-state index is 13.4. The molecule has 0 aliphatic rings. The molecule has 2 aromatic carbocycles. The molecule has 2 N–H and O–H groups in total. The van der Waals surface area contributed by atoms with E-state index in [0.717, 1.165) is 17.8 Å². The number of benzene rings is 2. The molecule has 7 heteroatoms. The van der Waals surface area contributed by atoms with Crippen molar-refractivity contribution in [1.82, 2.24) is 5.32 Å². The highest BCUT2D eigenvalue weighted by atomic mass is 35.5. The Balaban J connectivity index is 1.75. The van der Waals surface area contributed by atoms with Crippen molar-refractivity contribution >= 4 is 50.5 Å². The SMILES string of the molecule is CCC(C)(C)NC(=O)c1ccc(NC(=O)c2sc3cc(F)ccc3c2Cl)cc1. The van der Waals surface area contributed by atoms with Gasteiger partial charge in [0.2, 0.25) is 0 Å². The number of hydrogen-bond donors (Lipinski definition) is 2. The smallest absolute Gasteiger partial charge is 0.267 e. The summed E-state index contributed by atoms with van der Waals surface area (Å²) in [4.78, 5) is 25.2. The third-order valence-corrected chi connectivity index (χ3v) is 6.19. The minimum Gasteiger partial charge on any atom is -0.347 e. The number of thiophene rings is 1. The summed E-state index contributed by atoms with van der Waals surface area (Å²) in [6, 6.07) is 10.8. The van der Waals surface area contributed by atoms with Gasteiger partial charge in [0.1, 0.15) is 10.7 Å². The van der Waals surface area contributed by atoms with Crippen LogP contribution in [0, 0.1) is 5.82 Å². The zero-order valence-corrected chi connectivity index (χ0v) is 17.3. The van der Waals surface area contributed by atoms with Gasteiger partial charge in [-0.05, 0) is 62.7 Å². The van der Waals surface area contributed by atoms with Crippen molar-refractivity contribution in [3.63, 3.8) is 0 Å². The molecule has 1 aromatic heterocycles. The predicted octanol–water partition coefficient (Wildman–Crippen LogP) is 5.86. The van der Waals surface area contributed by atoms with Crippen LogP contribution in [-0.2, 0) is 0 Å². The normalized spacial score (nSPS) is 11.5. The van der Waals surface area contributed by atoms with Gasteiger partial charge >= 0.3 is 0 Å². The number of carbonyl (C=O) groups is 2. The topological polar surface area (TPSA) is 58.2 Å². The minimum atomic E-state index is -0.379. The second-order valence-electron chi connectivity index (χ2n) is 7.11. The van der Waals surface area contributed by atoms with Crippen molar-refractivity contribution in [2.75, 3.05) is 5.32 Å². The standard InChI is InChI=1S/C21H20ClFN2O2S/c1-4-21(2,3)25-19(26)12-5-8-14(9-6-12)24-20(27)18-17(22)15-10-7-13(23)11-16(15)28-18/h5-11H,4H2,1-3H3,(H,24,27)(H,25,26). The van der Waals surface area contributed by atoms with E-state index in [1.165, 1.54) is 12.1 Å². The van der Waals surface area contributed by atoms with Gasteiger partial charge in [-0.3, -0.25) is 9.59 Å². The number of nitrogens with one attached hydrogen (secondary N) is 2. The lowest BCUT2D eigenvalue weighted by Gasteiger charge is -2.24. The molecule has 0 aliphatic carbocycles. The van der Waals surface area contributed by atoms with E-state index >= 15 is 0 Å². The van der Waals surface area contributed by atoms with Gasteiger partial charge in [-0.2, -0.15) is 0 Å². The highest BCUT2D eigenvalue weighted by molar-refractivity contribution is 7.21. The molecule has 28 heavy (non-hydrogen) atoms. The van der Waals surface area contributed by atoms with Crippen LogP contribution in [0.25, 0.3) is 10.1 Å². The third-order valence-electron chi connectivity index (χ3n) is 4.54. The van der Waals surface area contributed by atoms with Crippen LogP contribution < -0.4 is 10.6 Å². The van der Waals surface area contributed by atoms with Crippen molar-refractivity contribution in [3.8, 4) is 0 Å². The lowest BCUT2D eigenvalue weighted by Crippen LogP contribution is -2.42. The summed E-state index contributed by atoms with van der Waals surface area (Å²) in [6.07, 6.45) is 0.812. The van der Waals surface area contributed by atoms with Crippen LogP contribution in [0.3, 0.4) is 0 Å². The highest BCUT2D eigenvalue weighted by Gasteiger charge is 2.20. The van der Waals surface area contributed by atoms with Crippen LogP contribution >= 0.6 is 22.9 Å². The van der Waals surface area contributed by atoms with Gasteiger partial charge in [-0.25, -0.2) is 4.39 Å². The molecule has 3 aromatic rings. The predicted molar refractivity (Wildman–Crippen MR) is 113 cm³/mol. The van der Waals surface area contributed by atoms with Crippen molar-refractivity contribution in [1.29, 1.82) is 0 Å². The Bertz CT molecular complexity index is 1040. The molecule has 0 saturated carbocycles. The Morgan fingerprint density at radius 3 is 2.43 bits per heavy atom. The average Bonchev–Trinajstić information content (AvgIpc) is 2.98. The molecule has 146 valence electrons. The number of fused-ring (bicyclic) bond motifs is 1. The lowest BCUT2D eigenvalue weighted by atomic mass is 10.0. The average molecular weight is 419 g/mol. The van der Waals surface area contributed by atoms with E-state index in [1.54, 1.807) is 30.3 Å². The molecular formula is C21H20ClFN2O2S. The van der Waals surface area contributed by atoms with Gasteiger partial charge in [0.15, 0.2) is 0 Å². The van der Waals surface area contributed by atoms with Crippen molar-refractivity contribution in [2.24, 2.45) is 0 Å². The Morgan fingerprint density at radius 1 is 1.11 bits per heavy atom. The van der Waals surface area contributed by atoms with Gasteiger partial charge in [0.05, 0.1) is 5.02 Å². The molecule has 3 rings (SSSR count). The molecule has 0 fully saturated rings. The van der Waals surface area contributed by atoms with Crippen molar-refractivity contribution in [2.45, 2.75) is 32.7 Å². The first-order chi connectivity index (χ1) is 13.2. The number of amides is 2. The first-order valence-corrected chi connectivity index (χ1v) is 10.0. The highest BCUT2D eigenvalue weighted by Crippen LogP contribution is 2.36. The van der Waals surface area contributed by atoms with E-state index < -0.39 is 0 Å². The molecule has 2 amide bonds. The summed E-state index contributed by atoms with van der Waals surface area (Å²) in [5, 5.41) is 6.67. The maximum absolute atomic E-state index is 13.4. The zero-order valence-electron chi connectivity index (χ0n) is 15.7. The van der Waals surface area contributed by atoms with Crippen LogP contribution in [0.5, 0.6) is 0 Å². The van der Waals surface area contributed by atoms with E-state index in [1.807, 2.05) is 20.8 Å². The molecule has 0 atom stereocenters. The van der Waals surface area contributed by atoms with Crippen LogP contribution in [-0.4, -0.2) is 17.4 Å². The van der Waals surface area contributed by atoms with Crippen LogP contribution in [0.2, 0.25) is 5.02 Å². The number of hydrogen-bond acceptors (Lipinski definition) is 3. The maximum Gasteiger partial charge on any atom is 0.267 e. The van der Waals surface area contributed by atoms with Gasteiger partial charge in [-0.1, -0.05) is 18.5 Å². The summed E-state index contributed by atoms with van der Waals surface area (Å²) >= 11 is 7.42. The molecule has 0 saturated heterocycles. The van der Waals surface area contributed by atoms with Crippen LogP contribution in [0.1, 0.15) is 47.2 Å². The Labute approximate surface area is 171 Å². The number of anilines is 1. The van der Waals surface area contributed by atoms with E-state index in [9.17, 15) is 14.0 Å². The second-order valence-corrected chi connectivity index (χ2v) is 8.54. The zero-order chi connectivity index (χ0) is 20.5. The van der Waals surface area contributed by atoms with E-state index in [0.29, 0.717) is 31.2 Å². The molecule has 0 bridgehead atoms. The molecular weight excluding hydrogens is 399 g/mol. The van der Waals surface area contributed by atoms with Crippen molar-refractivity contribution in [3.05, 3.63) is 63.7 Å². The third kappa shape index (κ3) is 4.34. The molecule has 0 aliphatic heterocycles. The largest absolute Gasteiger partial charge is 0.347 e. The monoisotopic (exact) mass is 418 g/mol. The Kier molecular flexibility index (Phi) is 5.72. The van der Waals surface area contributed by atoms with Gasteiger partial charge in [0.25, 0.3) is 11.8 Å². The van der Waals surface area contributed by atoms with Crippen LogP contribution in [0.15, 0.2) is 42.5 Å². The minimum absolute atomic E-state index is 0.167.